The fourth-order valence-electron chi connectivity index (χ4n) is 1.13. The normalized spacial score (nSPS) is 10.1. The summed E-state index contributed by atoms with van der Waals surface area (Å²) in [5, 5.41) is -0.104. The molecule has 0 fully saturated rings. The van der Waals surface area contributed by atoms with Crippen molar-refractivity contribution in [1.82, 2.24) is 0 Å². The molecule has 0 aromatic heterocycles. The van der Waals surface area contributed by atoms with Gasteiger partial charge in [0.25, 0.3) is 0 Å². The Morgan fingerprint density at radius 3 is 2.50 bits per heavy atom. The van der Waals surface area contributed by atoms with Crippen LogP contribution < -0.4 is 15.2 Å². The standard InChI is InChI=1S/C9H11ClFNO2/c1-13-6-3-5(4-12)8(11)7(10)9(6)14-2/h3H,4,12H2,1-2H3. The molecule has 3 nitrogen and oxygen atoms in total. The first-order valence-electron chi connectivity index (χ1n) is 3.94. The summed E-state index contributed by atoms with van der Waals surface area (Å²) in [4.78, 5) is 0. The largest absolute Gasteiger partial charge is 0.493 e. The second-order valence-electron chi connectivity index (χ2n) is 2.60. The Bertz CT molecular complexity index is 344. The summed E-state index contributed by atoms with van der Waals surface area (Å²) in [7, 11) is 2.84. The number of halogens is 2. The minimum absolute atomic E-state index is 0.0614. The zero-order valence-electron chi connectivity index (χ0n) is 7.93. The van der Waals surface area contributed by atoms with Crippen molar-refractivity contribution in [3.05, 3.63) is 22.5 Å². The van der Waals surface area contributed by atoms with Crippen LogP contribution in [0.3, 0.4) is 0 Å². The Morgan fingerprint density at radius 2 is 2.07 bits per heavy atom. The van der Waals surface area contributed by atoms with Gasteiger partial charge in [-0.1, -0.05) is 11.6 Å². The third-order valence-corrected chi connectivity index (χ3v) is 2.18. The minimum Gasteiger partial charge on any atom is -0.493 e. The Morgan fingerprint density at radius 1 is 1.43 bits per heavy atom. The Labute approximate surface area is 86.6 Å². The maximum atomic E-state index is 13.4. The predicted octanol–water partition coefficient (Wildman–Crippen LogP) is 1.96. The van der Waals surface area contributed by atoms with Crippen molar-refractivity contribution in [2.75, 3.05) is 14.2 Å². The maximum Gasteiger partial charge on any atom is 0.182 e. The van der Waals surface area contributed by atoms with Gasteiger partial charge in [0.15, 0.2) is 11.5 Å². The molecule has 0 amide bonds. The average molecular weight is 220 g/mol. The topological polar surface area (TPSA) is 44.5 Å². The molecule has 0 aliphatic rings. The van der Waals surface area contributed by atoms with Crippen molar-refractivity contribution in [3.63, 3.8) is 0 Å². The van der Waals surface area contributed by atoms with Crippen LogP contribution in [0.15, 0.2) is 6.07 Å². The van der Waals surface area contributed by atoms with Crippen molar-refractivity contribution in [2.45, 2.75) is 6.54 Å². The molecule has 0 saturated heterocycles. The number of nitrogens with two attached hydrogens (primary N) is 1. The van der Waals surface area contributed by atoms with Gasteiger partial charge in [-0.15, -0.1) is 0 Å². The van der Waals surface area contributed by atoms with Crippen molar-refractivity contribution >= 4 is 11.6 Å². The fourth-order valence-corrected chi connectivity index (χ4v) is 1.42. The number of benzene rings is 1. The van der Waals surface area contributed by atoms with Crippen molar-refractivity contribution < 1.29 is 13.9 Å². The summed E-state index contributed by atoms with van der Waals surface area (Å²) >= 11 is 5.73. The zero-order chi connectivity index (χ0) is 10.7. The lowest BCUT2D eigenvalue weighted by molar-refractivity contribution is 0.352. The molecular formula is C9H11ClFNO2. The minimum atomic E-state index is -0.563. The molecule has 14 heavy (non-hydrogen) atoms. The van der Waals surface area contributed by atoms with E-state index in [9.17, 15) is 4.39 Å². The maximum absolute atomic E-state index is 13.4. The molecule has 0 saturated carbocycles. The molecule has 1 aromatic carbocycles. The van der Waals surface area contributed by atoms with Crippen LogP contribution in [0.25, 0.3) is 0 Å². The van der Waals surface area contributed by atoms with Crippen LogP contribution >= 0.6 is 11.6 Å². The first kappa shape index (κ1) is 11.1. The molecule has 0 unspecified atom stereocenters. The summed E-state index contributed by atoms with van der Waals surface area (Å²) < 4.78 is 23.3. The number of methoxy groups -OCH3 is 2. The van der Waals surface area contributed by atoms with E-state index < -0.39 is 5.82 Å². The highest BCUT2D eigenvalue weighted by Crippen LogP contribution is 2.38. The summed E-state index contributed by atoms with van der Waals surface area (Å²) in [6, 6.07) is 1.47. The Balaban J connectivity index is 3.38. The number of ether oxygens (including phenoxy) is 2. The van der Waals surface area contributed by atoms with Crippen LogP contribution in [0.5, 0.6) is 11.5 Å². The first-order valence-corrected chi connectivity index (χ1v) is 4.32. The summed E-state index contributed by atoms with van der Waals surface area (Å²) in [5.74, 6) is -0.00460. The first-order chi connectivity index (χ1) is 6.65. The third-order valence-electron chi connectivity index (χ3n) is 1.85. The molecular weight excluding hydrogens is 209 g/mol. The van der Waals surface area contributed by atoms with Gasteiger partial charge in [-0.3, -0.25) is 0 Å². The van der Waals surface area contributed by atoms with E-state index in [1.165, 1.54) is 20.3 Å². The van der Waals surface area contributed by atoms with E-state index in [0.29, 0.717) is 11.3 Å². The number of hydrogen-bond donors (Lipinski definition) is 1. The van der Waals surface area contributed by atoms with E-state index in [1.54, 1.807) is 0 Å². The van der Waals surface area contributed by atoms with E-state index in [0.717, 1.165) is 0 Å². The summed E-state index contributed by atoms with van der Waals surface area (Å²) in [6.07, 6.45) is 0. The number of rotatable bonds is 3. The van der Waals surface area contributed by atoms with Crippen molar-refractivity contribution in [2.24, 2.45) is 5.73 Å². The molecule has 0 aliphatic heterocycles. The zero-order valence-corrected chi connectivity index (χ0v) is 8.69. The third kappa shape index (κ3) is 1.76. The van der Waals surface area contributed by atoms with Crippen LogP contribution in [0, 0.1) is 5.82 Å². The highest BCUT2D eigenvalue weighted by Gasteiger charge is 2.17. The van der Waals surface area contributed by atoms with E-state index in [4.69, 9.17) is 26.8 Å². The van der Waals surface area contributed by atoms with Gasteiger partial charge in [-0.05, 0) is 6.07 Å². The molecule has 0 radical (unpaired) electrons. The van der Waals surface area contributed by atoms with E-state index in [2.05, 4.69) is 0 Å². The van der Waals surface area contributed by atoms with Gasteiger partial charge < -0.3 is 15.2 Å². The van der Waals surface area contributed by atoms with Gasteiger partial charge in [0.05, 0.1) is 14.2 Å². The smallest absolute Gasteiger partial charge is 0.182 e. The average Bonchev–Trinajstić information content (AvgIpc) is 2.21. The van der Waals surface area contributed by atoms with Gasteiger partial charge in [0.1, 0.15) is 10.8 Å². The van der Waals surface area contributed by atoms with Crippen LogP contribution in [-0.2, 0) is 6.54 Å². The van der Waals surface area contributed by atoms with Gasteiger partial charge in [0.2, 0.25) is 0 Å². The van der Waals surface area contributed by atoms with E-state index in [-0.39, 0.29) is 17.3 Å². The van der Waals surface area contributed by atoms with Crippen LogP contribution in [-0.4, -0.2) is 14.2 Å². The number of hydrogen-bond acceptors (Lipinski definition) is 3. The monoisotopic (exact) mass is 219 g/mol. The highest BCUT2D eigenvalue weighted by molar-refractivity contribution is 6.32. The molecule has 0 aliphatic carbocycles. The Hall–Kier alpha value is -1.00. The fraction of sp³-hybridized carbons (Fsp3) is 0.333. The molecule has 1 rings (SSSR count). The highest BCUT2D eigenvalue weighted by atomic mass is 35.5. The quantitative estimate of drug-likeness (QED) is 0.845. The van der Waals surface area contributed by atoms with Gasteiger partial charge in [0, 0.05) is 12.1 Å². The molecule has 0 heterocycles. The van der Waals surface area contributed by atoms with Gasteiger partial charge >= 0.3 is 0 Å². The van der Waals surface area contributed by atoms with Crippen molar-refractivity contribution in [3.8, 4) is 11.5 Å². The van der Waals surface area contributed by atoms with Crippen LogP contribution in [0.4, 0.5) is 4.39 Å². The molecule has 0 bridgehead atoms. The lowest BCUT2D eigenvalue weighted by Crippen LogP contribution is -2.03. The van der Waals surface area contributed by atoms with Gasteiger partial charge in [-0.2, -0.15) is 0 Å². The molecule has 0 spiro atoms. The summed E-state index contributed by atoms with van der Waals surface area (Å²) in [5.41, 5.74) is 5.64. The van der Waals surface area contributed by atoms with E-state index in [1.807, 2.05) is 0 Å². The summed E-state index contributed by atoms with van der Waals surface area (Å²) in [6.45, 7) is 0.0614. The van der Waals surface area contributed by atoms with E-state index >= 15 is 0 Å². The predicted molar refractivity (Wildman–Crippen MR) is 52.4 cm³/mol. The molecule has 0 atom stereocenters. The van der Waals surface area contributed by atoms with Gasteiger partial charge in [-0.25, -0.2) is 4.39 Å². The SMILES string of the molecule is COc1cc(CN)c(F)c(Cl)c1OC. The Kier molecular flexibility index (Phi) is 3.55. The van der Waals surface area contributed by atoms with Crippen LogP contribution in [0.2, 0.25) is 5.02 Å². The molecule has 2 N–H and O–H groups in total. The second kappa shape index (κ2) is 4.48. The lowest BCUT2D eigenvalue weighted by atomic mass is 10.2. The molecule has 78 valence electrons. The second-order valence-corrected chi connectivity index (χ2v) is 2.98. The van der Waals surface area contributed by atoms with Crippen LogP contribution in [0.1, 0.15) is 5.56 Å². The van der Waals surface area contributed by atoms with Crippen molar-refractivity contribution in [1.29, 1.82) is 0 Å². The molecule has 5 heteroatoms. The molecule has 1 aromatic rings. The lowest BCUT2D eigenvalue weighted by Gasteiger charge is -2.12.